The zero-order chi connectivity index (χ0) is 11.9. The average molecular weight is 230 g/mol. The van der Waals surface area contributed by atoms with Crippen molar-refractivity contribution in [2.45, 2.75) is 0 Å². The third-order valence-corrected chi connectivity index (χ3v) is 3.38. The van der Waals surface area contributed by atoms with Crippen molar-refractivity contribution in [3.63, 3.8) is 0 Å². The predicted molar refractivity (Wildman–Crippen MR) is 73.7 cm³/mol. The third-order valence-electron chi connectivity index (χ3n) is 3.38. The highest BCUT2D eigenvalue weighted by atomic mass is 15.1. The smallest absolute Gasteiger partial charge is 0.0942 e. The van der Waals surface area contributed by atoms with Gasteiger partial charge in [0.25, 0.3) is 0 Å². The molecule has 0 spiro atoms. The van der Waals surface area contributed by atoms with Gasteiger partial charge in [0.2, 0.25) is 0 Å². The van der Waals surface area contributed by atoms with Crippen LogP contribution in [0.1, 0.15) is 0 Å². The van der Waals surface area contributed by atoms with E-state index >= 15 is 0 Å². The normalized spacial score (nSPS) is 11.3. The van der Waals surface area contributed by atoms with Crippen molar-refractivity contribution in [2.75, 3.05) is 0 Å². The molecule has 2 aliphatic carbocycles. The number of rotatable bonds is 0. The lowest BCUT2D eigenvalue weighted by Crippen LogP contribution is -1.76. The first-order valence-corrected chi connectivity index (χ1v) is 5.95. The van der Waals surface area contributed by atoms with Crippen molar-refractivity contribution in [3.05, 3.63) is 60.8 Å². The van der Waals surface area contributed by atoms with Crippen LogP contribution >= 0.6 is 0 Å². The fourth-order valence-electron chi connectivity index (χ4n) is 2.50. The van der Waals surface area contributed by atoms with Crippen LogP contribution < -0.4 is 0 Å². The van der Waals surface area contributed by atoms with Crippen LogP contribution in [-0.2, 0) is 0 Å². The maximum Gasteiger partial charge on any atom is 0.0942 e. The van der Waals surface area contributed by atoms with Gasteiger partial charge in [-0.15, -0.1) is 0 Å². The predicted octanol–water partition coefficient (Wildman–Crippen LogP) is 3.89. The molecule has 0 fully saturated rings. The lowest BCUT2D eigenvalue weighted by atomic mass is 10.1. The molecule has 1 aromatic heterocycles. The minimum atomic E-state index is 0.961. The minimum absolute atomic E-state index is 0.961. The zero-order valence-electron chi connectivity index (χ0n) is 9.67. The zero-order valence-corrected chi connectivity index (χ0v) is 9.67. The molecule has 0 radical (unpaired) electrons. The lowest BCUT2D eigenvalue weighted by Gasteiger charge is -1.91. The van der Waals surface area contributed by atoms with E-state index in [-0.39, 0.29) is 0 Å². The summed E-state index contributed by atoms with van der Waals surface area (Å²) in [4.78, 5) is 0. The van der Waals surface area contributed by atoms with E-state index in [1.165, 1.54) is 27.3 Å². The van der Waals surface area contributed by atoms with Crippen LogP contribution in [0.3, 0.4) is 0 Å². The van der Waals surface area contributed by atoms with Gasteiger partial charge in [-0.05, 0) is 40.1 Å². The summed E-state index contributed by atoms with van der Waals surface area (Å²) in [5, 5.41) is 11.8. The van der Waals surface area contributed by atoms with Gasteiger partial charge in [-0.2, -0.15) is 10.2 Å². The monoisotopic (exact) mass is 230 g/mol. The van der Waals surface area contributed by atoms with E-state index in [2.05, 4.69) is 58.7 Å². The fourth-order valence-corrected chi connectivity index (χ4v) is 2.50. The summed E-state index contributed by atoms with van der Waals surface area (Å²) in [5.41, 5.74) is 3.41. The molecule has 2 nitrogen and oxygen atoms in total. The summed E-state index contributed by atoms with van der Waals surface area (Å²) in [7, 11) is 0. The molecule has 0 aliphatic heterocycles. The van der Waals surface area contributed by atoms with E-state index in [1.54, 1.807) is 6.20 Å². The van der Waals surface area contributed by atoms with Crippen LogP contribution in [0.25, 0.3) is 32.8 Å². The second-order valence-corrected chi connectivity index (χ2v) is 4.45. The van der Waals surface area contributed by atoms with Crippen molar-refractivity contribution >= 4 is 21.7 Å². The van der Waals surface area contributed by atoms with Crippen LogP contribution in [-0.4, -0.2) is 10.2 Å². The number of aromatic nitrogens is 2. The van der Waals surface area contributed by atoms with Crippen molar-refractivity contribution in [1.82, 2.24) is 10.2 Å². The van der Waals surface area contributed by atoms with Crippen LogP contribution in [0, 0.1) is 0 Å². The molecule has 0 atom stereocenters. The van der Waals surface area contributed by atoms with Crippen molar-refractivity contribution in [1.29, 1.82) is 0 Å². The molecule has 2 heteroatoms. The first-order chi connectivity index (χ1) is 8.92. The van der Waals surface area contributed by atoms with E-state index in [0.717, 1.165) is 5.52 Å². The van der Waals surface area contributed by atoms with Crippen LogP contribution in [0.4, 0.5) is 0 Å². The Labute approximate surface area is 104 Å². The molecule has 0 saturated carbocycles. The fraction of sp³-hybridized carbons (Fsp3) is 0. The Morgan fingerprint density at radius 1 is 0.778 bits per heavy atom. The molecule has 0 unspecified atom stereocenters. The largest absolute Gasteiger partial charge is 0.159 e. The Hall–Kier alpha value is -2.48. The minimum Gasteiger partial charge on any atom is -0.159 e. The Bertz CT molecular complexity index is 830. The topological polar surface area (TPSA) is 25.8 Å². The summed E-state index contributed by atoms with van der Waals surface area (Å²) in [5.74, 6) is 0. The quantitative estimate of drug-likeness (QED) is 0.458. The van der Waals surface area contributed by atoms with Crippen LogP contribution in [0.5, 0.6) is 0 Å². The van der Waals surface area contributed by atoms with E-state index in [4.69, 9.17) is 0 Å². The molecule has 18 heavy (non-hydrogen) atoms. The molecule has 4 rings (SSSR count). The van der Waals surface area contributed by atoms with Crippen LogP contribution in [0.2, 0.25) is 0 Å². The second kappa shape index (κ2) is 3.50. The van der Waals surface area contributed by atoms with Gasteiger partial charge in [0.1, 0.15) is 0 Å². The molecular weight excluding hydrogens is 220 g/mol. The highest BCUT2D eigenvalue weighted by Crippen LogP contribution is 2.33. The lowest BCUT2D eigenvalue weighted by molar-refractivity contribution is 1.08. The molecule has 84 valence electrons. The van der Waals surface area contributed by atoms with Gasteiger partial charge >= 0.3 is 0 Å². The summed E-state index contributed by atoms with van der Waals surface area (Å²) in [6.07, 6.45) is 1.74. The van der Waals surface area contributed by atoms with Gasteiger partial charge in [0, 0.05) is 5.39 Å². The van der Waals surface area contributed by atoms with Gasteiger partial charge in [-0.1, -0.05) is 36.4 Å². The van der Waals surface area contributed by atoms with Gasteiger partial charge in [-0.25, -0.2) is 0 Å². The Morgan fingerprint density at radius 3 is 2.61 bits per heavy atom. The maximum absolute atomic E-state index is 4.17. The van der Waals surface area contributed by atoms with E-state index in [0.29, 0.717) is 0 Å². The second-order valence-electron chi connectivity index (χ2n) is 4.45. The average Bonchev–Trinajstić information content (AvgIpc) is 2.65. The van der Waals surface area contributed by atoms with Gasteiger partial charge in [0.05, 0.1) is 11.7 Å². The molecule has 2 aliphatic rings. The molecule has 2 aromatic rings. The van der Waals surface area contributed by atoms with Gasteiger partial charge in [-0.3, -0.25) is 0 Å². The molecule has 0 amide bonds. The number of hydrogen-bond acceptors (Lipinski definition) is 2. The Balaban J connectivity index is 2.20. The number of benzene rings is 1. The van der Waals surface area contributed by atoms with E-state index < -0.39 is 0 Å². The number of hydrogen-bond donors (Lipinski definition) is 0. The van der Waals surface area contributed by atoms with E-state index in [1.807, 2.05) is 6.07 Å². The molecule has 0 saturated heterocycles. The first-order valence-electron chi connectivity index (χ1n) is 5.95. The molecule has 0 N–H and O–H groups in total. The van der Waals surface area contributed by atoms with Crippen molar-refractivity contribution in [2.24, 2.45) is 0 Å². The first kappa shape index (κ1) is 9.54. The Kier molecular flexibility index (Phi) is 1.86. The van der Waals surface area contributed by atoms with Crippen molar-refractivity contribution < 1.29 is 0 Å². The Morgan fingerprint density at radius 2 is 1.67 bits per heavy atom. The van der Waals surface area contributed by atoms with Gasteiger partial charge in [0.15, 0.2) is 0 Å². The SMILES string of the molecule is c1ccc2cc3cc4nnccc4c-3ccc2c1. The highest BCUT2D eigenvalue weighted by molar-refractivity contribution is 6.02. The summed E-state index contributed by atoms with van der Waals surface area (Å²) in [6.45, 7) is 0. The van der Waals surface area contributed by atoms with Crippen LogP contribution in [0.15, 0.2) is 60.8 Å². The molecule has 0 bridgehead atoms. The number of nitrogens with zero attached hydrogens (tertiary/aromatic N) is 2. The van der Waals surface area contributed by atoms with E-state index in [9.17, 15) is 0 Å². The number of fused-ring (bicyclic) bond motifs is 4. The third kappa shape index (κ3) is 1.29. The molecule has 1 aromatic carbocycles. The highest BCUT2D eigenvalue weighted by Gasteiger charge is 2.09. The molecule has 1 heterocycles. The van der Waals surface area contributed by atoms with Gasteiger partial charge < -0.3 is 0 Å². The maximum atomic E-state index is 4.17. The molecular formula is C16H10N2. The summed E-state index contributed by atoms with van der Waals surface area (Å²) >= 11 is 0. The summed E-state index contributed by atoms with van der Waals surface area (Å²) in [6, 6.07) is 19.1. The summed E-state index contributed by atoms with van der Waals surface area (Å²) < 4.78 is 0. The van der Waals surface area contributed by atoms with Crippen molar-refractivity contribution in [3.8, 4) is 11.1 Å². The standard InChI is InChI=1S/C16H10N2/c1-2-4-12-9-13-10-16-15(7-8-17-18-16)14(13)6-5-11(12)3-1/h1-10H.